The summed E-state index contributed by atoms with van der Waals surface area (Å²) in [5.41, 5.74) is 0. The maximum atomic E-state index is 10.8. The van der Waals surface area contributed by atoms with E-state index in [1.807, 2.05) is 0 Å². The predicted molar refractivity (Wildman–Crippen MR) is 70.4 cm³/mol. The Balaban J connectivity index is 0.00000289. The van der Waals surface area contributed by atoms with E-state index in [4.69, 9.17) is 21.1 Å². The molecular weight excluding hydrogens is 386 g/mol. The van der Waals surface area contributed by atoms with E-state index in [1.165, 1.54) is 0 Å². The van der Waals surface area contributed by atoms with Gasteiger partial charge in [0.15, 0.2) is 6.29 Å². The van der Waals surface area contributed by atoms with Gasteiger partial charge in [-0.1, -0.05) is 0 Å². The number of rotatable bonds is 7. The summed E-state index contributed by atoms with van der Waals surface area (Å²) in [5, 5.41) is 0. The fourth-order valence-corrected chi connectivity index (χ4v) is 2.17. The zero-order valence-corrected chi connectivity index (χ0v) is 14.9. The van der Waals surface area contributed by atoms with Crippen LogP contribution in [0.5, 0.6) is 0 Å². The van der Waals surface area contributed by atoms with Crippen LogP contribution in [-0.2, 0) is 23.8 Å². The minimum Gasteiger partial charge on any atom is -0.353 e. The molecule has 18 heavy (non-hydrogen) atoms. The average Bonchev–Trinajstić information content (AvgIpc) is 2.27. The molecule has 0 N–H and O–H groups in total. The first-order valence-electron chi connectivity index (χ1n) is 5.68. The summed E-state index contributed by atoms with van der Waals surface area (Å²) in [6.07, 6.45) is 4.01. The second-order valence-electron chi connectivity index (χ2n) is 4.02. The number of ether oxygens (including phenoxy) is 2. The molecule has 1 aliphatic rings. The molecule has 0 spiro atoms. The van der Waals surface area contributed by atoms with Crippen LogP contribution in [0, 0.1) is 0 Å². The van der Waals surface area contributed by atoms with Gasteiger partial charge >= 0.3 is 0 Å². The Morgan fingerprint density at radius 1 is 1.44 bits per heavy atom. The normalized spacial score (nSPS) is 22.2. The van der Waals surface area contributed by atoms with Crippen molar-refractivity contribution < 1.29 is 22.1 Å². The zero-order valence-electron chi connectivity index (χ0n) is 10.4. The Kier molecular flexibility index (Phi) is 10.3. The smallest absolute Gasteiger partial charge is 0.264 e. The van der Waals surface area contributed by atoms with Crippen molar-refractivity contribution in [2.75, 3.05) is 25.3 Å². The SMILES string of the molecule is CS(=O)(=O)OCC[C@@H](CCl)OC1CCCCO1.[Sn]. The largest absolute Gasteiger partial charge is 0.353 e. The molecule has 0 saturated carbocycles. The molecule has 1 unspecified atom stereocenters. The van der Waals surface area contributed by atoms with E-state index in [0.29, 0.717) is 18.9 Å². The van der Waals surface area contributed by atoms with Crippen LogP contribution >= 0.6 is 11.6 Å². The molecule has 0 aromatic carbocycles. The van der Waals surface area contributed by atoms with Crippen LogP contribution in [0.1, 0.15) is 25.7 Å². The van der Waals surface area contributed by atoms with Crippen LogP contribution < -0.4 is 0 Å². The first kappa shape index (κ1) is 18.9. The fraction of sp³-hybridized carbons (Fsp3) is 1.00. The molecule has 0 aromatic heterocycles. The summed E-state index contributed by atoms with van der Waals surface area (Å²) in [6.45, 7) is 0.794. The molecule has 1 rings (SSSR count). The first-order valence-corrected chi connectivity index (χ1v) is 8.04. The van der Waals surface area contributed by atoms with Gasteiger partial charge in [0, 0.05) is 36.4 Å². The van der Waals surface area contributed by atoms with Crippen molar-refractivity contribution in [3.8, 4) is 0 Å². The molecule has 4 radical (unpaired) electrons. The van der Waals surface area contributed by atoms with E-state index in [1.54, 1.807) is 0 Å². The molecule has 5 nitrogen and oxygen atoms in total. The van der Waals surface area contributed by atoms with Crippen molar-refractivity contribution in [3.05, 3.63) is 0 Å². The number of halogens is 1. The van der Waals surface area contributed by atoms with Crippen molar-refractivity contribution in [1.82, 2.24) is 0 Å². The Labute approximate surface area is 131 Å². The fourth-order valence-electron chi connectivity index (χ4n) is 1.55. The van der Waals surface area contributed by atoms with Gasteiger partial charge in [0.25, 0.3) is 10.1 Å². The van der Waals surface area contributed by atoms with Gasteiger partial charge < -0.3 is 9.47 Å². The molecule has 1 aliphatic heterocycles. The van der Waals surface area contributed by atoms with E-state index in [0.717, 1.165) is 25.5 Å². The van der Waals surface area contributed by atoms with Gasteiger partial charge in [-0.2, -0.15) is 8.42 Å². The molecule has 0 amide bonds. The van der Waals surface area contributed by atoms with Gasteiger partial charge in [-0.25, -0.2) is 0 Å². The molecular formula is C10H19ClO5SSn. The van der Waals surface area contributed by atoms with Gasteiger partial charge in [0.2, 0.25) is 0 Å². The first-order chi connectivity index (χ1) is 8.01. The monoisotopic (exact) mass is 406 g/mol. The van der Waals surface area contributed by atoms with Crippen molar-refractivity contribution in [2.24, 2.45) is 0 Å². The van der Waals surface area contributed by atoms with E-state index in [2.05, 4.69) is 4.18 Å². The third-order valence-electron chi connectivity index (χ3n) is 2.39. The number of hydrogen-bond donors (Lipinski definition) is 0. The summed E-state index contributed by atoms with van der Waals surface area (Å²) in [6, 6.07) is 0. The van der Waals surface area contributed by atoms with Crippen LogP contribution in [0.3, 0.4) is 0 Å². The van der Waals surface area contributed by atoms with Crippen LogP contribution in [0.15, 0.2) is 0 Å². The van der Waals surface area contributed by atoms with Crippen molar-refractivity contribution in [2.45, 2.75) is 38.1 Å². The average molecular weight is 405 g/mol. The number of alkyl halides is 1. The summed E-state index contributed by atoms with van der Waals surface area (Å²) in [5.74, 6) is 0.299. The molecule has 0 aliphatic carbocycles. The van der Waals surface area contributed by atoms with E-state index in [9.17, 15) is 8.42 Å². The molecule has 0 aromatic rings. The van der Waals surface area contributed by atoms with Gasteiger partial charge in [-0.15, -0.1) is 11.6 Å². The Morgan fingerprint density at radius 3 is 2.67 bits per heavy atom. The Hall–Kier alpha value is 0.919. The van der Waals surface area contributed by atoms with E-state index in [-0.39, 0.29) is 42.9 Å². The minimum absolute atomic E-state index is 0. The van der Waals surface area contributed by atoms with Crippen molar-refractivity contribution in [3.63, 3.8) is 0 Å². The maximum absolute atomic E-state index is 10.8. The second kappa shape index (κ2) is 9.76. The molecule has 1 fully saturated rings. The van der Waals surface area contributed by atoms with Crippen LogP contribution in [-0.4, -0.2) is 70.1 Å². The topological polar surface area (TPSA) is 61.8 Å². The molecule has 2 atom stereocenters. The standard InChI is InChI=1S/C10H19ClO5S.Sn/c1-17(12,13)15-7-5-9(8-11)16-10-4-2-3-6-14-10;/h9-10H,2-8H2,1H3;/t9-,10?;/m0./s1. The van der Waals surface area contributed by atoms with Gasteiger partial charge in [0.1, 0.15) is 0 Å². The van der Waals surface area contributed by atoms with Crippen molar-refractivity contribution in [1.29, 1.82) is 0 Å². The van der Waals surface area contributed by atoms with Crippen molar-refractivity contribution >= 4 is 45.6 Å². The molecule has 8 heteroatoms. The van der Waals surface area contributed by atoms with Crippen LogP contribution in [0.4, 0.5) is 0 Å². The quantitative estimate of drug-likeness (QED) is 0.361. The zero-order chi connectivity index (χ0) is 12.7. The minimum atomic E-state index is -3.39. The summed E-state index contributed by atoms with van der Waals surface area (Å²) in [7, 11) is -3.39. The van der Waals surface area contributed by atoms with E-state index < -0.39 is 10.1 Å². The van der Waals surface area contributed by atoms with Crippen LogP contribution in [0.2, 0.25) is 0 Å². The molecule has 106 valence electrons. The predicted octanol–water partition coefficient (Wildman–Crippen LogP) is 1.12. The van der Waals surface area contributed by atoms with Crippen LogP contribution in [0.25, 0.3) is 0 Å². The molecule has 1 saturated heterocycles. The number of hydrogen-bond acceptors (Lipinski definition) is 5. The Morgan fingerprint density at radius 2 is 2.17 bits per heavy atom. The summed E-state index contributed by atoms with van der Waals surface area (Å²) in [4.78, 5) is 0. The summed E-state index contributed by atoms with van der Waals surface area (Å²) < 4.78 is 37.2. The van der Waals surface area contributed by atoms with Gasteiger partial charge in [-0.3, -0.25) is 4.18 Å². The van der Waals surface area contributed by atoms with Gasteiger partial charge in [0.05, 0.1) is 19.0 Å². The summed E-state index contributed by atoms with van der Waals surface area (Å²) >= 11 is 5.75. The van der Waals surface area contributed by atoms with Gasteiger partial charge in [-0.05, 0) is 25.7 Å². The third kappa shape index (κ3) is 8.92. The van der Waals surface area contributed by atoms with E-state index >= 15 is 0 Å². The molecule has 0 bridgehead atoms. The Bertz CT molecular complexity index is 305. The second-order valence-corrected chi connectivity index (χ2v) is 5.98. The maximum Gasteiger partial charge on any atom is 0.264 e. The molecule has 1 heterocycles. The third-order valence-corrected chi connectivity index (χ3v) is 3.33.